The van der Waals surface area contributed by atoms with Crippen LogP contribution in [0.3, 0.4) is 0 Å². The Labute approximate surface area is 99.6 Å². The Morgan fingerprint density at radius 1 is 1.50 bits per heavy atom. The van der Waals surface area contributed by atoms with Crippen LogP contribution in [-0.4, -0.2) is 12.8 Å². The van der Waals surface area contributed by atoms with Crippen LogP contribution < -0.4 is 10.6 Å². The quantitative estimate of drug-likeness (QED) is 0.528. The van der Waals surface area contributed by atoms with Crippen molar-refractivity contribution in [3.63, 3.8) is 0 Å². The van der Waals surface area contributed by atoms with Crippen LogP contribution in [0.2, 0.25) is 0 Å². The minimum Gasteiger partial charge on any atom is -0.492 e. The predicted octanol–water partition coefficient (Wildman–Crippen LogP) is 2.90. The summed E-state index contributed by atoms with van der Waals surface area (Å²) in [5.74, 6) is 5.86. The number of hydrazone groups is 1. The normalized spacial score (nSPS) is 10.8. The van der Waals surface area contributed by atoms with Gasteiger partial charge in [0.25, 0.3) is 0 Å². The second-order valence-corrected chi connectivity index (χ2v) is 4.29. The van der Waals surface area contributed by atoms with Gasteiger partial charge in [-0.3, -0.25) is 0 Å². The van der Waals surface area contributed by atoms with Crippen molar-refractivity contribution < 1.29 is 4.74 Å². The molecule has 14 heavy (non-hydrogen) atoms. The molecule has 0 aliphatic heterocycles. The maximum absolute atomic E-state index is 5.46. The molecule has 1 aromatic carbocycles. The topological polar surface area (TPSA) is 47.6 Å². The van der Waals surface area contributed by atoms with E-state index >= 15 is 0 Å². The summed E-state index contributed by atoms with van der Waals surface area (Å²) in [5, 5.41) is 3.48. The molecule has 0 aliphatic rings. The Bertz CT molecular complexity index is 353. The van der Waals surface area contributed by atoms with Crippen LogP contribution in [0.25, 0.3) is 0 Å². The number of ether oxygens (including phenoxy) is 1. The summed E-state index contributed by atoms with van der Waals surface area (Å²) >= 11 is 6.79. The lowest BCUT2D eigenvalue weighted by Gasteiger charge is -2.09. The van der Waals surface area contributed by atoms with Gasteiger partial charge in [-0.1, -0.05) is 15.9 Å². The van der Waals surface area contributed by atoms with Crippen molar-refractivity contribution in [3.8, 4) is 5.75 Å². The fourth-order valence-corrected chi connectivity index (χ4v) is 2.43. The van der Waals surface area contributed by atoms with E-state index in [1.54, 1.807) is 6.21 Å². The van der Waals surface area contributed by atoms with Gasteiger partial charge in [-0.05, 0) is 35.0 Å². The number of hydrogen-bond acceptors (Lipinski definition) is 3. The summed E-state index contributed by atoms with van der Waals surface area (Å²) in [5.41, 5.74) is 0.843. The molecule has 0 atom stereocenters. The highest BCUT2D eigenvalue weighted by Crippen LogP contribution is 2.31. The van der Waals surface area contributed by atoms with E-state index in [0.29, 0.717) is 6.61 Å². The van der Waals surface area contributed by atoms with Crippen LogP contribution in [0.15, 0.2) is 26.2 Å². The third-order valence-electron chi connectivity index (χ3n) is 1.54. The van der Waals surface area contributed by atoms with Crippen molar-refractivity contribution in [2.75, 3.05) is 6.61 Å². The van der Waals surface area contributed by atoms with Crippen LogP contribution in [0.4, 0.5) is 0 Å². The molecule has 5 heteroatoms. The number of hydrogen-bond donors (Lipinski definition) is 1. The highest BCUT2D eigenvalue weighted by Gasteiger charge is 2.07. The van der Waals surface area contributed by atoms with Gasteiger partial charge in [0, 0.05) is 10.0 Å². The molecule has 1 rings (SSSR count). The third-order valence-corrected chi connectivity index (χ3v) is 2.59. The molecular weight excluding hydrogens is 312 g/mol. The molecule has 0 spiro atoms. The Kier molecular flexibility index (Phi) is 4.41. The largest absolute Gasteiger partial charge is 0.492 e. The second-order valence-electron chi connectivity index (χ2n) is 2.52. The van der Waals surface area contributed by atoms with E-state index in [9.17, 15) is 0 Å². The van der Waals surface area contributed by atoms with E-state index in [0.717, 1.165) is 20.3 Å². The van der Waals surface area contributed by atoms with Gasteiger partial charge in [-0.15, -0.1) is 0 Å². The van der Waals surface area contributed by atoms with Crippen molar-refractivity contribution in [2.45, 2.75) is 6.92 Å². The lowest BCUT2D eigenvalue weighted by atomic mass is 10.2. The number of nitrogens with zero attached hydrogens (tertiary/aromatic N) is 1. The average Bonchev–Trinajstić information content (AvgIpc) is 2.11. The van der Waals surface area contributed by atoms with Gasteiger partial charge in [0.2, 0.25) is 0 Å². The van der Waals surface area contributed by atoms with E-state index in [2.05, 4.69) is 37.0 Å². The monoisotopic (exact) mass is 320 g/mol. The summed E-state index contributed by atoms with van der Waals surface area (Å²) in [4.78, 5) is 0. The van der Waals surface area contributed by atoms with Gasteiger partial charge in [0.15, 0.2) is 0 Å². The number of benzene rings is 1. The maximum Gasteiger partial charge on any atom is 0.142 e. The zero-order valence-corrected chi connectivity index (χ0v) is 10.8. The summed E-state index contributed by atoms with van der Waals surface area (Å²) < 4.78 is 7.29. The Morgan fingerprint density at radius 2 is 2.21 bits per heavy atom. The Hall–Kier alpha value is -0.550. The van der Waals surface area contributed by atoms with E-state index in [4.69, 9.17) is 10.6 Å². The summed E-state index contributed by atoms with van der Waals surface area (Å²) in [6.07, 6.45) is 1.56. The van der Waals surface area contributed by atoms with Crippen LogP contribution in [0, 0.1) is 0 Å². The first-order valence-corrected chi connectivity index (χ1v) is 5.62. The molecule has 2 N–H and O–H groups in total. The zero-order valence-electron chi connectivity index (χ0n) is 7.63. The van der Waals surface area contributed by atoms with Gasteiger partial charge in [-0.2, -0.15) is 5.10 Å². The van der Waals surface area contributed by atoms with Crippen LogP contribution in [-0.2, 0) is 0 Å². The van der Waals surface area contributed by atoms with E-state index in [-0.39, 0.29) is 0 Å². The van der Waals surface area contributed by atoms with Gasteiger partial charge in [0.05, 0.1) is 17.3 Å². The first-order valence-electron chi connectivity index (χ1n) is 4.04. The van der Waals surface area contributed by atoms with Gasteiger partial charge in [0.1, 0.15) is 5.75 Å². The summed E-state index contributed by atoms with van der Waals surface area (Å²) in [7, 11) is 0. The van der Waals surface area contributed by atoms with Crippen molar-refractivity contribution in [1.82, 2.24) is 0 Å². The minimum absolute atomic E-state index is 0.603. The lowest BCUT2D eigenvalue weighted by molar-refractivity contribution is 0.337. The van der Waals surface area contributed by atoms with Crippen LogP contribution in [0.1, 0.15) is 12.5 Å². The molecule has 1 aromatic rings. The number of halogens is 2. The molecule has 0 unspecified atom stereocenters. The smallest absolute Gasteiger partial charge is 0.142 e. The molecule has 3 nitrogen and oxygen atoms in total. The molecule has 0 aromatic heterocycles. The van der Waals surface area contributed by atoms with Crippen molar-refractivity contribution in [1.29, 1.82) is 0 Å². The molecule has 0 fully saturated rings. The van der Waals surface area contributed by atoms with E-state index in [1.165, 1.54) is 0 Å². The Morgan fingerprint density at radius 3 is 2.79 bits per heavy atom. The molecule has 76 valence electrons. The number of rotatable bonds is 3. The second kappa shape index (κ2) is 5.36. The van der Waals surface area contributed by atoms with E-state index < -0.39 is 0 Å². The van der Waals surface area contributed by atoms with Crippen molar-refractivity contribution in [2.24, 2.45) is 10.9 Å². The fourth-order valence-electron chi connectivity index (χ4n) is 1.05. The first-order chi connectivity index (χ1) is 6.69. The zero-order chi connectivity index (χ0) is 10.6. The van der Waals surface area contributed by atoms with Crippen molar-refractivity contribution in [3.05, 3.63) is 26.6 Å². The average molecular weight is 322 g/mol. The van der Waals surface area contributed by atoms with E-state index in [1.807, 2.05) is 19.1 Å². The lowest BCUT2D eigenvalue weighted by Crippen LogP contribution is -1.98. The van der Waals surface area contributed by atoms with Crippen molar-refractivity contribution >= 4 is 38.1 Å². The number of nitrogens with two attached hydrogens (primary N) is 1. The van der Waals surface area contributed by atoms with Gasteiger partial charge in [-0.25, -0.2) is 0 Å². The molecule has 0 bridgehead atoms. The van der Waals surface area contributed by atoms with Crippen LogP contribution in [0.5, 0.6) is 5.75 Å². The molecule has 0 amide bonds. The molecular formula is C9H10Br2N2O. The standard InChI is InChI=1S/C9H10Br2N2O/c1-2-14-9-6(5-13-12)3-7(10)4-8(9)11/h3-5H,2,12H2,1H3/b13-5-. The fraction of sp³-hybridized carbons (Fsp3) is 0.222. The highest BCUT2D eigenvalue weighted by molar-refractivity contribution is 9.11. The molecule has 0 heterocycles. The first kappa shape index (κ1) is 11.5. The molecule has 0 radical (unpaired) electrons. The van der Waals surface area contributed by atoms with Gasteiger partial charge >= 0.3 is 0 Å². The SMILES string of the molecule is CCOc1c(Br)cc(Br)cc1/C=N\N. The van der Waals surface area contributed by atoms with Crippen LogP contribution >= 0.6 is 31.9 Å². The third kappa shape index (κ3) is 2.72. The Balaban J connectivity index is 3.21. The summed E-state index contributed by atoms with van der Waals surface area (Å²) in [6.45, 7) is 2.53. The molecule has 0 saturated heterocycles. The molecule has 0 saturated carbocycles. The summed E-state index contributed by atoms with van der Waals surface area (Å²) in [6, 6.07) is 3.81. The maximum atomic E-state index is 5.46. The molecule has 0 aliphatic carbocycles. The predicted molar refractivity (Wildman–Crippen MR) is 64.8 cm³/mol. The van der Waals surface area contributed by atoms with Gasteiger partial charge < -0.3 is 10.6 Å². The minimum atomic E-state index is 0.603. The highest BCUT2D eigenvalue weighted by atomic mass is 79.9.